The lowest BCUT2D eigenvalue weighted by Gasteiger charge is -2.72. The number of carbonyl (C=O) groups is 1. The summed E-state index contributed by atoms with van der Waals surface area (Å²) in [5, 5.41) is 14.5. The van der Waals surface area contributed by atoms with Crippen LogP contribution in [0.1, 0.15) is 111 Å². The average Bonchev–Trinajstić information content (AvgIpc) is 3.32. The van der Waals surface area contributed by atoms with E-state index in [4.69, 9.17) is 0 Å². The van der Waals surface area contributed by atoms with E-state index < -0.39 is 0 Å². The van der Waals surface area contributed by atoms with Crippen molar-refractivity contribution in [3.8, 4) is 0 Å². The molecule has 3 nitrogen and oxygen atoms in total. The Balaban J connectivity index is 1.34. The minimum Gasteiger partial charge on any atom is -0.393 e. The number of nitrogens with one attached hydrogen (secondary N) is 1. The number of hydrogen-bond donors (Lipinski definition) is 2. The van der Waals surface area contributed by atoms with Crippen LogP contribution in [0.3, 0.4) is 0 Å². The Kier molecular flexibility index (Phi) is 6.73. The van der Waals surface area contributed by atoms with Crippen LogP contribution in [0, 0.1) is 56.7 Å². The Hall–Kier alpha value is -1.61. The molecule has 1 aromatic carbocycles. The monoisotopic (exact) mass is 545 g/mol. The highest BCUT2D eigenvalue weighted by Crippen LogP contribution is 2.77. The molecule has 0 bridgehead atoms. The molecule has 5 aliphatic rings. The maximum Gasteiger partial charge on any atom is 0.226 e. The number of allylic oxidation sites excluding steroid dienone is 1. The summed E-state index contributed by atoms with van der Waals surface area (Å²) < 4.78 is 0. The summed E-state index contributed by atoms with van der Waals surface area (Å²) in [5.41, 5.74) is 2.99. The molecule has 10 atom stereocenters. The molecule has 0 saturated heterocycles. The minimum absolute atomic E-state index is 0.0128. The van der Waals surface area contributed by atoms with E-state index in [1.165, 1.54) is 36.8 Å². The van der Waals surface area contributed by atoms with Crippen molar-refractivity contribution in [1.29, 1.82) is 0 Å². The van der Waals surface area contributed by atoms with Crippen LogP contribution in [-0.2, 0) is 11.3 Å². The Morgan fingerprint density at radius 1 is 0.875 bits per heavy atom. The summed E-state index contributed by atoms with van der Waals surface area (Å²) >= 11 is 0. The van der Waals surface area contributed by atoms with Gasteiger partial charge in [-0.2, -0.15) is 0 Å². The van der Waals surface area contributed by atoms with Gasteiger partial charge in [-0.3, -0.25) is 4.79 Å². The summed E-state index contributed by atoms with van der Waals surface area (Å²) in [5.74, 6) is 2.99. The molecule has 220 valence electrons. The van der Waals surface area contributed by atoms with Gasteiger partial charge in [-0.15, -0.1) is 0 Å². The molecule has 40 heavy (non-hydrogen) atoms. The number of rotatable bonds is 4. The largest absolute Gasteiger partial charge is 0.393 e. The molecule has 5 fully saturated rings. The van der Waals surface area contributed by atoms with Crippen molar-refractivity contribution in [1.82, 2.24) is 5.32 Å². The van der Waals surface area contributed by atoms with Crippen LogP contribution in [0.25, 0.3) is 0 Å². The van der Waals surface area contributed by atoms with Crippen LogP contribution in [0.4, 0.5) is 0 Å². The second-order valence-electron chi connectivity index (χ2n) is 16.4. The lowest BCUT2D eigenvalue weighted by Crippen LogP contribution is -2.67. The van der Waals surface area contributed by atoms with Gasteiger partial charge < -0.3 is 10.4 Å². The van der Waals surface area contributed by atoms with E-state index in [1.54, 1.807) is 0 Å². The van der Waals surface area contributed by atoms with Gasteiger partial charge in [0.25, 0.3) is 0 Å². The predicted octanol–water partition coefficient (Wildman–Crippen LogP) is 8.32. The quantitative estimate of drug-likeness (QED) is 0.374. The highest BCUT2D eigenvalue weighted by molar-refractivity contribution is 5.84. The normalized spacial score (nSPS) is 47.3. The second-order valence-corrected chi connectivity index (χ2v) is 16.4. The zero-order valence-corrected chi connectivity index (χ0v) is 26.2. The van der Waals surface area contributed by atoms with Gasteiger partial charge >= 0.3 is 0 Å². The number of aliphatic hydroxyl groups excluding tert-OH is 1. The van der Waals surface area contributed by atoms with Gasteiger partial charge in [0.15, 0.2) is 0 Å². The van der Waals surface area contributed by atoms with E-state index in [-0.39, 0.29) is 33.2 Å². The van der Waals surface area contributed by atoms with Gasteiger partial charge in [-0.25, -0.2) is 0 Å². The summed E-state index contributed by atoms with van der Waals surface area (Å²) in [6, 6.07) is 10.4. The molecular formula is C37H55NO2. The molecule has 6 rings (SSSR count). The van der Waals surface area contributed by atoms with E-state index >= 15 is 0 Å². The standard InChI is InChI=1S/C37H55NO2/c1-24(2)26-15-20-37(32(40)38-23-25-11-9-8-10-12-25)22-21-35(6)27(31(26)37)13-14-29-34(5)18-17-30(39)33(3,4)28(34)16-19-36(29,35)7/h8-12,26-31,39H,1,13-23H2,2-7H3,(H,38,40)/t26-,27?,28?,29?,30-,31?,34-,35+,36?,37?/m0/s1. The number of hydrogen-bond acceptors (Lipinski definition) is 2. The Morgan fingerprint density at radius 3 is 2.30 bits per heavy atom. The predicted molar refractivity (Wildman–Crippen MR) is 163 cm³/mol. The molecule has 0 aromatic heterocycles. The molecule has 5 aliphatic carbocycles. The van der Waals surface area contributed by atoms with Crippen LogP contribution in [0.5, 0.6) is 0 Å². The first-order valence-electron chi connectivity index (χ1n) is 16.5. The van der Waals surface area contributed by atoms with E-state index in [2.05, 4.69) is 77.7 Å². The lowest BCUT2D eigenvalue weighted by atomic mass is 9.32. The Labute approximate surface area is 244 Å². The molecule has 0 radical (unpaired) electrons. The first-order chi connectivity index (χ1) is 18.8. The molecule has 0 aliphatic heterocycles. The zero-order chi connectivity index (χ0) is 28.7. The summed E-state index contributed by atoms with van der Waals surface area (Å²) in [6.45, 7) is 20.0. The van der Waals surface area contributed by atoms with E-state index in [0.717, 1.165) is 38.5 Å². The fourth-order valence-corrected chi connectivity index (χ4v) is 12.5. The van der Waals surface area contributed by atoms with Crippen molar-refractivity contribution >= 4 is 5.91 Å². The van der Waals surface area contributed by atoms with Crippen molar-refractivity contribution in [3.05, 3.63) is 48.0 Å². The number of aliphatic hydroxyl groups is 1. The molecule has 1 amide bonds. The summed E-state index contributed by atoms with van der Waals surface area (Å²) in [7, 11) is 0. The van der Waals surface area contributed by atoms with E-state index in [0.29, 0.717) is 42.0 Å². The second kappa shape index (κ2) is 9.45. The van der Waals surface area contributed by atoms with Crippen molar-refractivity contribution in [2.24, 2.45) is 56.7 Å². The first-order valence-corrected chi connectivity index (χ1v) is 16.5. The Bertz CT molecular complexity index is 1160. The van der Waals surface area contributed by atoms with Crippen molar-refractivity contribution < 1.29 is 9.90 Å². The van der Waals surface area contributed by atoms with Crippen molar-refractivity contribution in [3.63, 3.8) is 0 Å². The maximum absolute atomic E-state index is 14.3. The molecule has 6 unspecified atom stereocenters. The minimum atomic E-state index is -0.260. The molecule has 0 heterocycles. The third-order valence-corrected chi connectivity index (χ3v) is 14.8. The topological polar surface area (TPSA) is 49.3 Å². The number of fused-ring (bicyclic) bond motifs is 7. The van der Waals surface area contributed by atoms with Crippen LogP contribution >= 0.6 is 0 Å². The highest BCUT2D eigenvalue weighted by Gasteiger charge is 2.71. The zero-order valence-electron chi connectivity index (χ0n) is 26.2. The van der Waals surface area contributed by atoms with Crippen LogP contribution in [0.15, 0.2) is 42.5 Å². The third kappa shape index (κ3) is 3.74. The first kappa shape index (κ1) is 28.5. The number of carbonyl (C=O) groups excluding carboxylic acids is 1. The van der Waals surface area contributed by atoms with Gasteiger partial charge in [0.2, 0.25) is 5.91 Å². The summed E-state index contributed by atoms with van der Waals surface area (Å²) in [4.78, 5) is 14.3. The highest BCUT2D eigenvalue weighted by atomic mass is 16.3. The fraction of sp³-hybridized carbons (Fsp3) is 0.757. The van der Waals surface area contributed by atoms with E-state index in [9.17, 15) is 9.90 Å². The van der Waals surface area contributed by atoms with E-state index in [1.807, 2.05) is 6.07 Å². The van der Waals surface area contributed by atoms with Crippen LogP contribution in [0.2, 0.25) is 0 Å². The van der Waals surface area contributed by atoms with Crippen molar-refractivity contribution in [2.45, 2.75) is 118 Å². The van der Waals surface area contributed by atoms with Gasteiger partial charge in [0.05, 0.1) is 11.5 Å². The van der Waals surface area contributed by atoms with Crippen LogP contribution < -0.4 is 5.32 Å². The van der Waals surface area contributed by atoms with Gasteiger partial charge in [0.1, 0.15) is 0 Å². The van der Waals surface area contributed by atoms with Gasteiger partial charge in [0, 0.05) is 6.54 Å². The SMILES string of the molecule is C=C(C)[C@@H]1CCC2(C(=O)NCc3ccccc3)CC[C@]3(C)C(CCC4C3(C)CCC3C(C)(C)[C@@H](O)CC[C@@]34C)C12. The molecule has 3 heteroatoms. The number of benzene rings is 1. The lowest BCUT2D eigenvalue weighted by molar-refractivity contribution is -0.246. The van der Waals surface area contributed by atoms with Gasteiger partial charge in [-0.1, -0.05) is 77.1 Å². The molecule has 2 N–H and O–H groups in total. The molecular weight excluding hydrogens is 490 g/mol. The molecule has 0 spiro atoms. The maximum atomic E-state index is 14.3. The third-order valence-electron chi connectivity index (χ3n) is 14.8. The molecule has 5 saturated carbocycles. The average molecular weight is 546 g/mol. The smallest absolute Gasteiger partial charge is 0.226 e. The van der Waals surface area contributed by atoms with Gasteiger partial charge in [-0.05, 0) is 128 Å². The Morgan fingerprint density at radius 2 is 1.60 bits per heavy atom. The number of amides is 1. The molecule has 1 aromatic rings. The van der Waals surface area contributed by atoms with Crippen molar-refractivity contribution in [2.75, 3.05) is 0 Å². The fourth-order valence-electron chi connectivity index (χ4n) is 12.5. The summed E-state index contributed by atoms with van der Waals surface area (Å²) in [6.07, 6.45) is 11.2. The van der Waals surface area contributed by atoms with Crippen LogP contribution in [-0.4, -0.2) is 17.1 Å².